The zero-order valence-corrected chi connectivity index (χ0v) is 28.4. The third kappa shape index (κ3) is 9.20. The Labute approximate surface area is 282 Å². The number of hydrogen-bond acceptors (Lipinski definition) is 9. The van der Waals surface area contributed by atoms with Gasteiger partial charge in [-0.25, -0.2) is 19.2 Å². The maximum Gasteiger partial charge on any atom is 0.421 e. The molecule has 1 atom stereocenters. The topological polar surface area (TPSA) is 92.3 Å². The number of aromatic nitrogens is 2. The normalized spacial score (nSPS) is 14.3. The monoisotopic (exact) mass is 656 g/mol. The zero-order chi connectivity index (χ0) is 34.0. The summed E-state index contributed by atoms with van der Waals surface area (Å²) in [4.78, 5) is 28.5. The summed E-state index contributed by atoms with van der Waals surface area (Å²) in [7, 11) is 3.74. The molecular weight excluding hydrogens is 611 g/mol. The van der Waals surface area contributed by atoms with Gasteiger partial charge in [0.05, 0.1) is 26.3 Å². The molecule has 4 aromatic rings. The van der Waals surface area contributed by atoms with Crippen molar-refractivity contribution in [1.29, 1.82) is 0 Å². The quantitative estimate of drug-likeness (QED) is 0.164. The Bertz CT molecular complexity index is 1620. The van der Waals surface area contributed by atoms with Gasteiger partial charge in [0.25, 0.3) is 0 Å². The number of carbonyl (C=O) groups is 1. The van der Waals surface area contributed by atoms with E-state index in [1.807, 2.05) is 57.2 Å². The molecule has 1 fully saturated rings. The summed E-state index contributed by atoms with van der Waals surface area (Å²) in [5.41, 5.74) is 4.15. The summed E-state index contributed by atoms with van der Waals surface area (Å²) in [5.74, 6) is 1.29. The SMILES string of the molecule is COc1ccc(C(CN(C(=O)Oc2c(C)cc(C)cc2C)c2ccncn2)Nc2ccc(OCCCN3CCN(C)CC3)c(F)c2)cc1. The van der Waals surface area contributed by atoms with Crippen LogP contribution in [0.25, 0.3) is 0 Å². The summed E-state index contributed by atoms with van der Waals surface area (Å²) in [6.45, 7) is 11.5. The fourth-order valence-electron chi connectivity index (χ4n) is 5.88. The number of amides is 1. The Morgan fingerprint density at radius 2 is 1.73 bits per heavy atom. The van der Waals surface area contributed by atoms with Crippen LogP contribution in [0, 0.1) is 26.6 Å². The van der Waals surface area contributed by atoms with Crippen molar-refractivity contribution >= 4 is 17.6 Å². The molecule has 1 aromatic heterocycles. The number of benzene rings is 3. The van der Waals surface area contributed by atoms with Gasteiger partial charge in [-0.2, -0.15) is 0 Å². The Hall–Kier alpha value is -4.74. The van der Waals surface area contributed by atoms with Gasteiger partial charge >= 0.3 is 6.09 Å². The van der Waals surface area contributed by atoms with Crippen molar-refractivity contribution in [2.75, 3.05) is 70.2 Å². The molecule has 1 aliphatic rings. The highest BCUT2D eigenvalue weighted by Crippen LogP contribution is 2.30. The lowest BCUT2D eigenvalue weighted by molar-refractivity contribution is 0.145. The minimum absolute atomic E-state index is 0.109. The van der Waals surface area contributed by atoms with Gasteiger partial charge in [-0.15, -0.1) is 0 Å². The molecule has 1 aliphatic heterocycles. The summed E-state index contributed by atoms with van der Waals surface area (Å²) < 4.78 is 32.5. The van der Waals surface area contributed by atoms with Gasteiger partial charge in [0.2, 0.25) is 0 Å². The van der Waals surface area contributed by atoms with E-state index >= 15 is 4.39 Å². The van der Waals surface area contributed by atoms with Gasteiger partial charge in [0, 0.05) is 50.7 Å². The molecule has 254 valence electrons. The average molecular weight is 657 g/mol. The Morgan fingerprint density at radius 1 is 1.00 bits per heavy atom. The summed E-state index contributed by atoms with van der Waals surface area (Å²) >= 11 is 0. The van der Waals surface area contributed by atoms with Gasteiger partial charge in [-0.1, -0.05) is 29.8 Å². The third-order valence-electron chi connectivity index (χ3n) is 8.49. The number of aryl methyl sites for hydroxylation is 3. The summed E-state index contributed by atoms with van der Waals surface area (Å²) in [6, 6.07) is 17.4. The number of halogens is 1. The van der Waals surface area contributed by atoms with Crippen molar-refractivity contribution in [2.24, 2.45) is 0 Å². The lowest BCUT2D eigenvalue weighted by atomic mass is 10.1. The van der Waals surface area contributed by atoms with E-state index < -0.39 is 18.0 Å². The first-order valence-electron chi connectivity index (χ1n) is 16.3. The highest BCUT2D eigenvalue weighted by molar-refractivity contribution is 5.88. The molecule has 10 nitrogen and oxygen atoms in total. The van der Waals surface area contributed by atoms with E-state index in [9.17, 15) is 4.79 Å². The molecule has 0 aliphatic carbocycles. The zero-order valence-electron chi connectivity index (χ0n) is 28.4. The lowest BCUT2D eigenvalue weighted by Gasteiger charge is -2.32. The molecule has 5 rings (SSSR count). The van der Waals surface area contributed by atoms with E-state index in [0.717, 1.165) is 61.4 Å². The number of methoxy groups -OCH3 is 1. The summed E-state index contributed by atoms with van der Waals surface area (Å²) in [5, 5.41) is 3.42. The largest absolute Gasteiger partial charge is 0.497 e. The molecule has 1 unspecified atom stereocenters. The van der Waals surface area contributed by atoms with Gasteiger partial charge in [-0.3, -0.25) is 4.90 Å². The van der Waals surface area contributed by atoms with Crippen LogP contribution in [0.4, 0.5) is 20.7 Å². The number of likely N-dealkylation sites (N-methyl/N-ethyl adjacent to an activating group) is 1. The highest BCUT2D eigenvalue weighted by Gasteiger charge is 2.26. The number of carbonyl (C=O) groups excluding carboxylic acids is 1. The molecule has 48 heavy (non-hydrogen) atoms. The fraction of sp³-hybridized carbons (Fsp3) is 0.378. The van der Waals surface area contributed by atoms with Crippen LogP contribution in [-0.4, -0.2) is 85.9 Å². The number of rotatable bonds is 13. The van der Waals surface area contributed by atoms with Crippen molar-refractivity contribution in [3.8, 4) is 17.2 Å². The number of piperazine rings is 1. The number of anilines is 2. The van der Waals surface area contributed by atoms with Crippen LogP contribution in [0.15, 0.2) is 73.2 Å². The molecule has 1 saturated heterocycles. The number of nitrogens with zero attached hydrogens (tertiary/aromatic N) is 5. The standard InChI is InChI=1S/C37H45FN6O4/c1-26-21-27(2)36(28(3)22-26)48-37(45)44(35-13-14-39-25-40-35)24-33(29-7-10-31(46-5)11-8-29)41-30-9-12-34(32(38)23-30)47-20-6-15-43-18-16-42(4)17-19-43/h7-14,21-23,25,33,41H,6,15-20,24H2,1-5H3. The molecule has 11 heteroatoms. The number of nitrogens with one attached hydrogen (secondary N) is 1. The maximum absolute atomic E-state index is 15.3. The predicted molar refractivity (Wildman–Crippen MR) is 186 cm³/mol. The molecule has 2 heterocycles. The van der Waals surface area contributed by atoms with E-state index in [1.165, 1.54) is 17.3 Å². The average Bonchev–Trinajstić information content (AvgIpc) is 3.08. The Balaban J connectivity index is 1.34. The van der Waals surface area contributed by atoms with Crippen molar-refractivity contribution in [2.45, 2.75) is 33.2 Å². The molecule has 0 saturated carbocycles. The second kappa shape index (κ2) is 16.4. The van der Waals surface area contributed by atoms with Crippen LogP contribution in [0.1, 0.15) is 34.7 Å². The molecule has 3 aromatic carbocycles. The van der Waals surface area contributed by atoms with Gasteiger partial charge in [-0.05, 0) is 81.3 Å². The minimum Gasteiger partial charge on any atom is -0.497 e. The smallest absolute Gasteiger partial charge is 0.421 e. The molecule has 1 amide bonds. The highest BCUT2D eigenvalue weighted by atomic mass is 19.1. The number of hydrogen-bond donors (Lipinski definition) is 1. The maximum atomic E-state index is 15.3. The third-order valence-corrected chi connectivity index (χ3v) is 8.49. The molecule has 0 bridgehead atoms. The number of ether oxygens (including phenoxy) is 3. The van der Waals surface area contributed by atoms with Gasteiger partial charge < -0.3 is 29.3 Å². The first kappa shape index (κ1) is 34.6. The first-order valence-corrected chi connectivity index (χ1v) is 16.3. The van der Waals surface area contributed by atoms with E-state index in [-0.39, 0.29) is 12.3 Å². The molecule has 0 radical (unpaired) electrons. The van der Waals surface area contributed by atoms with Crippen LogP contribution in [0.2, 0.25) is 0 Å². The second-order valence-electron chi connectivity index (χ2n) is 12.2. The molecule has 0 spiro atoms. The minimum atomic E-state index is -0.601. The van der Waals surface area contributed by atoms with E-state index in [2.05, 4.69) is 32.1 Å². The van der Waals surface area contributed by atoms with Crippen LogP contribution < -0.4 is 24.4 Å². The van der Waals surface area contributed by atoms with E-state index in [4.69, 9.17) is 14.2 Å². The summed E-state index contributed by atoms with van der Waals surface area (Å²) in [6.07, 6.45) is 3.17. The van der Waals surface area contributed by atoms with Crippen molar-refractivity contribution in [3.05, 3.63) is 101 Å². The lowest BCUT2D eigenvalue weighted by Crippen LogP contribution is -2.44. The van der Waals surface area contributed by atoms with Gasteiger partial charge in [0.15, 0.2) is 11.6 Å². The van der Waals surface area contributed by atoms with Crippen LogP contribution in [0.3, 0.4) is 0 Å². The Kier molecular flexibility index (Phi) is 11.8. The van der Waals surface area contributed by atoms with E-state index in [1.54, 1.807) is 31.5 Å². The molecule has 1 N–H and O–H groups in total. The molecular formula is C37H45FN6O4. The fourth-order valence-corrected chi connectivity index (χ4v) is 5.88. The van der Waals surface area contributed by atoms with Crippen molar-refractivity contribution in [1.82, 2.24) is 19.8 Å². The second-order valence-corrected chi connectivity index (χ2v) is 12.2. The van der Waals surface area contributed by atoms with Crippen LogP contribution in [0.5, 0.6) is 17.2 Å². The Morgan fingerprint density at radius 3 is 2.38 bits per heavy atom. The van der Waals surface area contributed by atoms with Gasteiger partial charge in [0.1, 0.15) is 23.6 Å². The predicted octanol–water partition coefficient (Wildman–Crippen LogP) is 6.42. The first-order chi connectivity index (χ1) is 23.2. The van der Waals surface area contributed by atoms with Crippen molar-refractivity contribution in [3.63, 3.8) is 0 Å². The van der Waals surface area contributed by atoms with Crippen LogP contribution in [-0.2, 0) is 0 Å². The van der Waals surface area contributed by atoms with Crippen LogP contribution >= 0.6 is 0 Å². The van der Waals surface area contributed by atoms with E-state index in [0.29, 0.717) is 29.6 Å². The van der Waals surface area contributed by atoms with Crippen molar-refractivity contribution < 1.29 is 23.4 Å².